The third-order valence-electron chi connectivity index (χ3n) is 1.82. The van der Waals surface area contributed by atoms with Gasteiger partial charge in [-0.3, -0.25) is 0 Å². The predicted octanol–water partition coefficient (Wildman–Crippen LogP) is 2.29. The van der Waals surface area contributed by atoms with E-state index >= 15 is 0 Å². The van der Waals surface area contributed by atoms with Crippen molar-refractivity contribution in [1.29, 1.82) is 0 Å². The molecule has 74 valence electrons. The molecule has 0 aromatic carbocycles. The summed E-state index contributed by atoms with van der Waals surface area (Å²) in [5.74, 6) is 0.817. The molecule has 2 heterocycles. The lowest BCUT2D eigenvalue weighted by Crippen LogP contribution is -2.17. The van der Waals surface area contributed by atoms with E-state index in [2.05, 4.69) is 4.98 Å². The largest absolute Gasteiger partial charge is 0.463 e. The monoisotopic (exact) mass is 208 g/mol. The summed E-state index contributed by atoms with van der Waals surface area (Å²) in [7, 11) is 0. The van der Waals surface area contributed by atoms with Crippen molar-refractivity contribution in [3.05, 3.63) is 28.8 Å². The molecule has 4 heteroatoms. The van der Waals surface area contributed by atoms with Crippen LogP contribution in [-0.4, -0.2) is 11.0 Å². The van der Waals surface area contributed by atoms with Gasteiger partial charge >= 0.3 is 0 Å². The number of nitrogens with two attached hydrogens (primary N) is 1. The lowest BCUT2D eigenvalue weighted by molar-refractivity contribution is 0.580. The third kappa shape index (κ3) is 2.02. The van der Waals surface area contributed by atoms with Crippen molar-refractivity contribution >= 4 is 11.3 Å². The summed E-state index contributed by atoms with van der Waals surface area (Å²) in [5.41, 5.74) is 6.59. The quantitative estimate of drug-likeness (QED) is 0.842. The van der Waals surface area contributed by atoms with Crippen LogP contribution in [-0.2, 0) is 6.42 Å². The second kappa shape index (κ2) is 3.94. The van der Waals surface area contributed by atoms with E-state index in [0.717, 1.165) is 22.9 Å². The molecule has 0 saturated heterocycles. The Balaban J connectivity index is 2.18. The summed E-state index contributed by atoms with van der Waals surface area (Å²) in [6.07, 6.45) is 2.48. The summed E-state index contributed by atoms with van der Waals surface area (Å²) in [5, 5.41) is 3.06. The van der Waals surface area contributed by atoms with Crippen molar-refractivity contribution in [2.24, 2.45) is 5.73 Å². The van der Waals surface area contributed by atoms with E-state index in [9.17, 15) is 0 Å². The summed E-state index contributed by atoms with van der Waals surface area (Å²) >= 11 is 1.62. The molecule has 1 atom stereocenters. The normalized spacial score (nSPS) is 13.0. The molecule has 2 rings (SSSR count). The molecule has 0 radical (unpaired) electrons. The zero-order chi connectivity index (χ0) is 9.97. The molecule has 1 unspecified atom stereocenters. The Bertz CT molecular complexity index is 392. The lowest BCUT2D eigenvalue weighted by Gasteiger charge is -1.98. The zero-order valence-electron chi connectivity index (χ0n) is 7.93. The molecule has 2 aromatic rings. The van der Waals surface area contributed by atoms with E-state index in [-0.39, 0.29) is 6.04 Å². The molecule has 0 bridgehead atoms. The first-order valence-corrected chi connectivity index (χ1v) is 5.37. The average Bonchev–Trinajstić information content (AvgIpc) is 2.69. The van der Waals surface area contributed by atoms with Crippen LogP contribution in [0.3, 0.4) is 0 Å². The van der Waals surface area contributed by atoms with Crippen molar-refractivity contribution in [3.8, 4) is 11.5 Å². The topological polar surface area (TPSA) is 52.0 Å². The van der Waals surface area contributed by atoms with Gasteiger partial charge in [0.1, 0.15) is 5.69 Å². The minimum Gasteiger partial charge on any atom is -0.463 e. The van der Waals surface area contributed by atoms with Gasteiger partial charge in [-0.1, -0.05) is 0 Å². The molecule has 0 aliphatic heterocycles. The fraction of sp³-hybridized carbons (Fsp3) is 0.300. The zero-order valence-corrected chi connectivity index (χ0v) is 8.75. The first-order valence-electron chi connectivity index (χ1n) is 4.49. The molecule has 0 aliphatic rings. The van der Waals surface area contributed by atoms with E-state index in [1.807, 2.05) is 24.4 Å². The van der Waals surface area contributed by atoms with Crippen LogP contribution in [0.15, 0.2) is 28.2 Å². The molecule has 14 heavy (non-hydrogen) atoms. The van der Waals surface area contributed by atoms with E-state index in [1.54, 1.807) is 17.6 Å². The Morgan fingerprint density at radius 1 is 1.64 bits per heavy atom. The summed E-state index contributed by atoms with van der Waals surface area (Å²) < 4.78 is 5.25. The Kier molecular flexibility index (Phi) is 2.65. The number of hydrogen-bond donors (Lipinski definition) is 1. The highest BCUT2D eigenvalue weighted by atomic mass is 32.1. The standard InChI is InChI=1S/C10H12N2OS/c1-7(11)5-10-12-8(6-14-10)9-3-2-4-13-9/h2-4,6-7H,5,11H2,1H3. The predicted molar refractivity (Wildman–Crippen MR) is 57.2 cm³/mol. The molecular weight excluding hydrogens is 196 g/mol. The van der Waals surface area contributed by atoms with Gasteiger partial charge in [0, 0.05) is 17.8 Å². The van der Waals surface area contributed by atoms with Crippen molar-refractivity contribution in [3.63, 3.8) is 0 Å². The summed E-state index contributed by atoms with van der Waals surface area (Å²) in [6, 6.07) is 3.93. The second-order valence-electron chi connectivity index (χ2n) is 3.29. The summed E-state index contributed by atoms with van der Waals surface area (Å²) in [6.45, 7) is 1.98. The molecule has 2 aromatic heterocycles. The lowest BCUT2D eigenvalue weighted by atomic mass is 10.3. The Morgan fingerprint density at radius 3 is 3.14 bits per heavy atom. The first kappa shape index (κ1) is 9.43. The van der Waals surface area contributed by atoms with Gasteiger partial charge < -0.3 is 10.2 Å². The molecule has 0 amide bonds. The average molecular weight is 208 g/mol. The highest BCUT2D eigenvalue weighted by molar-refractivity contribution is 7.09. The van der Waals surface area contributed by atoms with E-state index in [0.29, 0.717) is 0 Å². The van der Waals surface area contributed by atoms with E-state index in [1.165, 1.54) is 0 Å². The molecule has 0 spiro atoms. The van der Waals surface area contributed by atoms with Gasteiger partial charge in [-0.25, -0.2) is 4.98 Å². The first-order chi connectivity index (χ1) is 6.75. The second-order valence-corrected chi connectivity index (χ2v) is 4.23. The Morgan fingerprint density at radius 2 is 2.50 bits per heavy atom. The van der Waals surface area contributed by atoms with Crippen LogP contribution in [0.25, 0.3) is 11.5 Å². The molecular formula is C10H12N2OS. The molecule has 3 nitrogen and oxygen atoms in total. The maximum Gasteiger partial charge on any atom is 0.153 e. The Hall–Kier alpha value is -1.13. The minimum atomic E-state index is 0.158. The Labute approximate surface area is 86.6 Å². The van der Waals surface area contributed by atoms with E-state index < -0.39 is 0 Å². The van der Waals surface area contributed by atoms with Gasteiger partial charge in [0.15, 0.2) is 5.76 Å². The summed E-state index contributed by atoms with van der Waals surface area (Å²) in [4.78, 5) is 4.44. The SMILES string of the molecule is CC(N)Cc1nc(-c2ccco2)cs1. The fourth-order valence-electron chi connectivity index (χ4n) is 1.22. The highest BCUT2D eigenvalue weighted by Crippen LogP contribution is 2.22. The van der Waals surface area contributed by atoms with Crippen LogP contribution in [0.4, 0.5) is 0 Å². The van der Waals surface area contributed by atoms with Crippen LogP contribution in [0.1, 0.15) is 11.9 Å². The fourth-order valence-corrected chi connectivity index (χ4v) is 2.14. The van der Waals surface area contributed by atoms with Gasteiger partial charge in [-0.2, -0.15) is 0 Å². The third-order valence-corrected chi connectivity index (χ3v) is 2.69. The van der Waals surface area contributed by atoms with Crippen LogP contribution >= 0.6 is 11.3 Å². The van der Waals surface area contributed by atoms with Gasteiger partial charge in [-0.05, 0) is 19.1 Å². The molecule has 0 saturated carbocycles. The number of furan rings is 1. The van der Waals surface area contributed by atoms with E-state index in [4.69, 9.17) is 10.2 Å². The van der Waals surface area contributed by atoms with Gasteiger partial charge in [0.25, 0.3) is 0 Å². The van der Waals surface area contributed by atoms with Gasteiger partial charge in [-0.15, -0.1) is 11.3 Å². The van der Waals surface area contributed by atoms with Crippen molar-refractivity contribution < 1.29 is 4.42 Å². The number of hydrogen-bond acceptors (Lipinski definition) is 4. The van der Waals surface area contributed by atoms with Crippen molar-refractivity contribution in [1.82, 2.24) is 4.98 Å². The number of rotatable bonds is 3. The van der Waals surface area contributed by atoms with Crippen LogP contribution in [0.5, 0.6) is 0 Å². The minimum absolute atomic E-state index is 0.158. The number of aromatic nitrogens is 1. The maximum absolute atomic E-state index is 5.70. The van der Waals surface area contributed by atoms with Crippen LogP contribution in [0, 0.1) is 0 Å². The van der Waals surface area contributed by atoms with Crippen molar-refractivity contribution in [2.75, 3.05) is 0 Å². The van der Waals surface area contributed by atoms with Gasteiger partial charge in [0.2, 0.25) is 0 Å². The highest BCUT2D eigenvalue weighted by Gasteiger charge is 2.07. The van der Waals surface area contributed by atoms with Crippen LogP contribution in [0.2, 0.25) is 0 Å². The molecule has 0 fully saturated rings. The van der Waals surface area contributed by atoms with Crippen LogP contribution < -0.4 is 5.73 Å². The maximum atomic E-state index is 5.70. The smallest absolute Gasteiger partial charge is 0.153 e. The molecule has 2 N–H and O–H groups in total. The number of nitrogens with zero attached hydrogens (tertiary/aromatic N) is 1. The van der Waals surface area contributed by atoms with Gasteiger partial charge in [0.05, 0.1) is 11.3 Å². The van der Waals surface area contributed by atoms with Crippen molar-refractivity contribution in [2.45, 2.75) is 19.4 Å². The molecule has 0 aliphatic carbocycles. The number of thiazole rings is 1.